The molecule has 0 aromatic carbocycles. The van der Waals surface area contributed by atoms with Gasteiger partial charge in [-0.2, -0.15) is 0 Å². The topological polar surface area (TPSA) is 15.3 Å². The van der Waals surface area contributed by atoms with Crippen LogP contribution in [0.4, 0.5) is 0 Å². The molecule has 0 radical (unpaired) electrons. The molecule has 17 heavy (non-hydrogen) atoms. The first kappa shape index (κ1) is 15.0. The molecule has 2 nitrogen and oxygen atoms in total. The van der Waals surface area contributed by atoms with Gasteiger partial charge in [-0.25, -0.2) is 0 Å². The fourth-order valence-corrected chi connectivity index (χ4v) is 3.11. The lowest BCUT2D eigenvalue weighted by Crippen LogP contribution is -2.61. The lowest BCUT2D eigenvalue weighted by Gasteiger charge is -2.46. The van der Waals surface area contributed by atoms with Crippen LogP contribution in [0.25, 0.3) is 0 Å². The van der Waals surface area contributed by atoms with E-state index in [1.165, 1.54) is 38.8 Å². The van der Waals surface area contributed by atoms with Crippen LogP contribution in [0.15, 0.2) is 0 Å². The highest BCUT2D eigenvalue weighted by Gasteiger charge is 2.33. The quantitative estimate of drug-likeness (QED) is 0.766. The molecular formula is C15H32N2. The summed E-state index contributed by atoms with van der Waals surface area (Å²) in [7, 11) is 0. The van der Waals surface area contributed by atoms with Gasteiger partial charge in [0.1, 0.15) is 0 Å². The number of nitrogens with one attached hydrogen (secondary N) is 1. The summed E-state index contributed by atoms with van der Waals surface area (Å²) in [5.74, 6) is 0.806. The van der Waals surface area contributed by atoms with E-state index < -0.39 is 0 Å². The van der Waals surface area contributed by atoms with Crippen molar-refractivity contribution in [2.45, 2.75) is 78.4 Å². The van der Waals surface area contributed by atoms with E-state index in [0.29, 0.717) is 6.04 Å². The van der Waals surface area contributed by atoms with Crippen molar-refractivity contribution in [2.24, 2.45) is 5.92 Å². The van der Waals surface area contributed by atoms with E-state index >= 15 is 0 Å². The standard InChI is InChI=1S/C15H32N2/c1-6-12(5)15-10-16-13(7-2)11-17(15)14(8-3)9-4/h12-16H,6-11H2,1-5H3. The van der Waals surface area contributed by atoms with Gasteiger partial charge < -0.3 is 5.32 Å². The van der Waals surface area contributed by atoms with Crippen molar-refractivity contribution >= 4 is 0 Å². The summed E-state index contributed by atoms with van der Waals surface area (Å²) < 4.78 is 0. The summed E-state index contributed by atoms with van der Waals surface area (Å²) in [4.78, 5) is 2.80. The largest absolute Gasteiger partial charge is 0.311 e. The van der Waals surface area contributed by atoms with Crippen LogP contribution in [-0.2, 0) is 0 Å². The lowest BCUT2D eigenvalue weighted by atomic mass is 9.91. The Bertz CT molecular complexity index is 201. The molecule has 1 aliphatic rings. The SMILES string of the molecule is CCC1CN(C(CC)CC)C(C(C)CC)CN1. The summed E-state index contributed by atoms with van der Waals surface area (Å²) in [5, 5.41) is 3.73. The second kappa shape index (κ2) is 7.38. The summed E-state index contributed by atoms with van der Waals surface area (Å²) in [6.45, 7) is 14.1. The van der Waals surface area contributed by atoms with Gasteiger partial charge in [-0.05, 0) is 25.2 Å². The predicted octanol–water partition coefficient (Wildman–Crippen LogP) is 3.27. The Hall–Kier alpha value is -0.0800. The van der Waals surface area contributed by atoms with Gasteiger partial charge in [-0.3, -0.25) is 4.90 Å². The van der Waals surface area contributed by atoms with Crippen LogP contribution in [0.2, 0.25) is 0 Å². The molecule has 1 heterocycles. The van der Waals surface area contributed by atoms with E-state index in [9.17, 15) is 0 Å². The van der Waals surface area contributed by atoms with Crippen molar-refractivity contribution in [3.8, 4) is 0 Å². The number of rotatable bonds is 6. The van der Waals surface area contributed by atoms with Crippen molar-refractivity contribution < 1.29 is 0 Å². The van der Waals surface area contributed by atoms with Crippen LogP contribution in [-0.4, -0.2) is 36.1 Å². The second-order valence-corrected chi connectivity index (χ2v) is 5.63. The maximum atomic E-state index is 3.73. The van der Waals surface area contributed by atoms with Crippen molar-refractivity contribution in [2.75, 3.05) is 13.1 Å². The van der Waals surface area contributed by atoms with E-state index in [1.54, 1.807) is 0 Å². The Morgan fingerprint density at radius 2 is 1.76 bits per heavy atom. The Kier molecular flexibility index (Phi) is 6.50. The Morgan fingerprint density at radius 1 is 1.12 bits per heavy atom. The van der Waals surface area contributed by atoms with E-state index in [4.69, 9.17) is 0 Å². The lowest BCUT2D eigenvalue weighted by molar-refractivity contribution is 0.0456. The van der Waals surface area contributed by atoms with Gasteiger partial charge in [0.05, 0.1) is 0 Å². The minimum absolute atomic E-state index is 0.705. The normalized spacial score (nSPS) is 28.6. The van der Waals surface area contributed by atoms with Gasteiger partial charge in [0.2, 0.25) is 0 Å². The van der Waals surface area contributed by atoms with Gasteiger partial charge in [0.25, 0.3) is 0 Å². The van der Waals surface area contributed by atoms with E-state index in [0.717, 1.165) is 18.0 Å². The van der Waals surface area contributed by atoms with Crippen LogP contribution < -0.4 is 5.32 Å². The Morgan fingerprint density at radius 3 is 2.24 bits per heavy atom. The zero-order chi connectivity index (χ0) is 12.8. The minimum atomic E-state index is 0.705. The first-order valence-corrected chi connectivity index (χ1v) is 7.66. The molecule has 1 saturated heterocycles. The zero-order valence-corrected chi connectivity index (χ0v) is 12.5. The number of hydrogen-bond donors (Lipinski definition) is 1. The van der Waals surface area contributed by atoms with E-state index in [-0.39, 0.29) is 0 Å². The molecule has 1 N–H and O–H groups in total. The molecule has 0 bridgehead atoms. The maximum Gasteiger partial charge on any atom is 0.0249 e. The molecule has 0 saturated carbocycles. The van der Waals surface area contributed by atoms with Gasteiger partial charge in [0.15, 0.2) is 0 Å². The summed E-state index contributed by atoms with van der Waals surface area (Å²) in [6.07, 6.45) is 5.13. The van der Waals surface area contributed by atoms with Crippen LogP contribution >= 0.6 is 0 Å². The highest BCUT2D eigenvalue weighted by atomic mass is 15.3. The first-order valence-electron chi connectivity index (χ1n) is 7.66. The van der Waals surface area contributed by atoms with Crippen molar-refractivity contribution in [1.29, 1.82) is 0 Å². The van der Waals surface area contributed by atoms with E-state index in [1.807, 2.05) is 0 Å². The smallest absolute Gasteiger partial charge is 0.0249 e. The third-order valence-corrected chi connectivity index (χ3v) is 4.68. The Balaban J connectivity index is 2.73. The first-order chi connectivity index (χ1) is 8.17. The van der Waals surface area contributed by atoms with Gasteiger partial charge in [-0.1, -0.05) is 41.0 Å². The van der Waals surface area contributed by atoms with E-state index in [2.05, 4.69) is 44.8 Å². The minimum Gasteiger partial charge on any atom is -0.311 e. The summed E-state index contributed by atoms with van der Waals surface area (Å²) >= 11 is 0. The van der Waals surface area contributed by atoms with Gasteiger partial charge >= 0.3 is 0 Å². The van der Waals surface area contributed by atoms with Crippen LogP contribution in [0.3, 0.4) is 0 Å². The van der Waals surface area contributed by atoms with Crippen molar-refractivity contribution in [3.63, 3.8) is 0 Å². The third-order valence-electron chi connectivity index (χ3n) is 4.68. The van der Waals surface area contributed by atoms with Crippen molar-refractivity contribution in [3.05, 3.63) is 0 Å². The fourth-order valence-electron chi connectivity index (χ4n) is 3.11. The molecule has 1 aliphatic heterocycles. The molecule has 0 aromatic rings. The molecular weight excluding hydrogens is 208 g/mol. The highest BCUT2D eigenvalue weighted by molar-refractivity contribution is 4.90. The number of hydrogen-bond acceptors (Lipinski definition) is 2. The molecule has 0 aromatic heterocycles. The summed E-state index contributed by atoms with van der Waals surface area (Å²) in [6, 6.07) is 2.23. The zero-order valence-electron chi connectivity index (χ0n) is 12.5. The average molecular weight is 240 g/mol. The van der Waals surface area contributed by atoms with Gasteiger partial charge in [0, 0.05) is 31.2 Å². The van der Waals surface area contributed by atoms with Crippen LogP contribution in [0.1, 0.15) is 60.3 Å². The number of piperazine rings is 1. The maximum absolute atomic E-state index is 3.73. The predicted molar refractivity (Wildman–Crippen MR) is 76.4 cm³/mol. The molecule has 0 amide bonds. The van der Waals surface area contributed by atoms with Crippen LogP contribution in [0, 0.1) is 5.92 Å². The molecule has 3 atom stereocenters. The summed E-state index contributed by atoms with van der Waals surface area (Å²) in [5.41, 5.74) is 0. The Labute approximate surface area is 108 Å². The second-order valence-electron chi connectivity index (χ2n) is 5.63. The number of nitrogens with zero attached hydrogens (tertiary/aromatic N) is 1. The van der Waals surface area contributed by atoms with Crippen LogP contribution in [0.5, 0.6) is 0 Å². The molecule has 0 aliphatic carbocycles. The third kappa shape index (κ3) is 3.69. The molecule has 1 rings (SSSR count). The molecule has 102 valence electrons. The monoisotopic (exact) mass is 240 g/mol. The molecule has 3 unspecified atom stereocenters. The molecule has 0 spiro atoms. The molecule has 2 heteroatoms. The molecule has 1 fully saturated rings. The van der Waals surface area contributed by atoms with Gasteiger partial charge in [-0.15, -0.1) is 0 Å². The average Bonchev–Trinajstić information content (AvgIpc) is 2.39. The fraction of sp³-hybridized carbons (Fsp3) is 1.00. The van der Waals surface area contributed by atoms with Crippen molar-refractivity contribution in [1.82, 2.24) is 10.2 Å². The highest BCUT2D eigenvalue weighted by Crippen LogP contribution is 2.23.